The van der Waals surface area contributed by atoms with Gasteiger partial charge in [0.25, 0.3) is 0 Å². The van der Waals surface area contributed by atoms with Crippen LogP contribution in [0.3, 0.4) is 0 Å². The summed E-state index contributed by atoms with van der Waals surface area (Å²) in [6.07, 6.45) is 4.78. The summed E-state index contributed by atoms with van der Waals surface area (Å²) in [5.74, 6) is -2.95. The molecule has 1 fully saturated rings. The van der Waals surface area contributed by atoms with E-state index in [1.165, 1.54) is 4.90 Å². The highest BCUT2D eigenvalue weighted by molar-refractivity contribution is 7.92. The van der Waals surface area contributed by atoms with Crippen LogP contribution in [-0.2, 0) is 26.2 Å². The predicted octanol–water partition coefficient (Wildman–Crippen LogP) is 5.29. The fourth-order valence-electron chi connectivity index (χ4n) is 4.45. The van der Waals surface area contributed by atoms with E-state index in [1.54, 1.807) is 25.1 Å². The number of nitrogens with one attached hydrogen (secondary N) is 1. The van der Waals surface area contributed by atoms with Gasteiger partial charge in [-0.15, -0.1) is 0 Å². The van der Waals surface area contributed by atoms with Crippen LogP contribution in [0, 0.1) is 11.6 Å². The Morgan fingerprint density at radius 3 is 2.37 bits per heavy atom. The van der Waals surface area contributed by atoms with Gasteiger partial charge < -0.3 is 10.2 Å². The van der Waals surface area contributed by atoms with Crippen molar-refractivity contribution in [1.82, 2.24) is 10.2 Å². The zero-order valence-electron chi connectivity index (χ0n) is 21.2. The smallest absolute Gasteiger partial charge is 0.242 e. The number of carbonyl (C=O) groups excluding carboxylic acids is 2. The van der Waals surface area contributed by atoms with Crippen LogP contribution in [0.15, 0.2) is 36.4 Å². The molecule has 1 atom stereocenters. The molecule has 3 rings (SSSR count). The number of anilines is 1. The summed E-state index contributed by atoms with van der Waals surface area (Å²) in [6, 6.07) is 6.93. The van der Waals surface area contributed by atoms with Crippen LogP contribution in [0.1, 0.15) is 51.0 Å². The molecule has 0 aliphatic heterocycles. The Labute approximate surface area is 232 Å². The van der Waals surface area contributed by atoms with Gasteiger partial charge in [-0.2, -0.15) is 0 Å². The van der Waals surface area contributed by atoms with Gasteiger partial charge in [-0.25, -0.2) is 17.2 Å². The number of halogens is 4. The van der Waals surface area contributed by atoms with Crippen LogP contribution in [0.5, 0.6) is 0 Å². The first-order chi connectivity index (χ1) is 17.9. The maximum atomic E-state index is 13.7. The van der Waals surface area contributed by atoms with E-state index in [0.29, 0.717) is 15.6 Å². The summed E-state index contributed by atoms with van der Waals surface area (Å²) in [5, 5.41) is 3.79. The molecule has 1 unspecified atom stereocenters. The molecule has 12 heteroatoms. The summed E-state index contributed by atoms with van der Waals surface area (Å²) in [4.78, 5) is 27.8. The highest BCUT2D eigenvalue weighted by Crippen LogP contribution is 2.25. The van der Waals surface area contributed by atoms with Gasteiger partial charge in [0.05, 0.1) is 11.9 Å². The first-order valence-electron chi connectivity index (χ1n) is 12.3. The van der Waals surface area contributed by atoms with Gasteiger partial charge in [0.1, 0.15) is 6.04 Å². The summed E-state index contributed by atoms with van der Waals surface area (Å²) in [5.41, 5.74) is 0.553. The summed E-state index contributed by atoms with van der Waals surface area (Å²) < 4.78 is 52.7. The summed E-state index contributed by atoms with van der Waals surface area (Å²) in [7, 11) is -3.84. The SMILES string of the molecule is CC(C(=O)NC1CCCC1)N(Cc1ccc(Cl)cc1Cl)C(=O)CCCN(c1ccc(F)c(F)c1)S(C)(=O)=O. The van der Waals surface area contributed by atoms with E-state index < -0.39 is 27.7 Å². The van der Waals surface area contributed by atoms with Gasteiger partial charge in [-0.3, -0.25) is 13.9 Å². The number of amides is 2. The average molecular weight is 591 g/mol. The van der Waals surface area contributed by atoms with Gasteiger partial charge in [0.2, 0.25) is 21.8 Å². The molecule has 0 bridgehead atoms. The first kappa shape index (κ1) is 30.1. The minimum atomic E-state index is -3.84. The number of benzene rings is 2. The molecule has 0 heterocycles. The van der Waals surface area contributed by atoms with E-state index in [9.17, 15) is 26.8 Å². The molecule has 2 aromatic rings. The third-order valence-electron chi connectivity index (χ3n) is 6.57. The lowest BCUT2D eigenvalue weighted by Crippen LogP contribution is -2.49. The van der Waals surface area contributed by atoms with Gasteiger partial charge >= 0.3 is 0 Å². The zero-order valence-corrected chi connectivity index (χ0v) is 23.6. The number of sulfonamides is 1. The molecule has 0 radical (unpaired) electrons. The fraction of sp³-hybridized carbons (Fsp3) is 0.462. The highest BCUT2D eigenvalue weighted by atomic mass is 35.5. The lowest BCUT2D eigenvalue weighted by atomic mass is 10.1. The third kappa shape index (κ3) is 8.04. The van der Waals surface area contributed by atoms with E-state index in [1.807, 2.05) is 0 Å². The largest absolute Gasteiger partial charge is 0.352 e. The Balaban J connectivity index is 1.75. The van der Waals surface area contributed by atoms with Crippen molar-refractivity contribution in [2.24, 2.45) is 0 Å². The summed E-state index contributed by atoms with van der Waals surface area (Å²) in [6.45, 7) is 1.54. The number of hydrogen-bond acceptors (Lipinski definition) is 4. The molecular formula is C26H31Cl2F2N3O4S. The second kappa shape index (κ2) is 13.1. The molecule has 1 aliphatic rings. The maximum Gasteiger partial charge on any atom is 0.242 e. The van der Waals surface area contributed by atoms with Crippen LogP contribution in [-0.4, -0.2) is 50.0 Å². The molecule has 0 spiro atoms. The lowest BCUT2D eigenvalue weighted by molar-refractivity contribution is -0.140. The maximum absolute atomic E-state index is 13.7. The van der Waals surface area contributed by atoms with Crippen molar-refractivity contribution in [1.29, 1.82) is 0 Å². The van der Waals surface area contributed by atoms with Crippen molar-refractivity contribution in [2.45, 2.75) is 64.1 Å². The highest BCUT2D eigenvalue weighted by Gasteiger charge is 2.29. The predicted molar refractivity (Wildman–Crippen MR) is 145 cm³/mol. The van der Waals surface area contributed by atoms with E-state index in [-0.39, 0.29) is 49.5 Å². The standard InChI is InChI=1S/C26H31Cl2F2N3O4S/c1-17(26(35)31-20-6-3-4-7-20)32(16-18-9-10-19(27)14-22(18)28)25(34)8-5-13-33(38(2,36)37)21-11-12-23(29)24(30)15-21/h9-12,14-15,17,20H,3-8,13,16H2,1-2H3,(H,31,35). The molecule has 2 amide bonds. The van der Waals surface area contributed by atoms with Crippen LogP contribution < -0.4 is 9.62 Å². The Kier molecular flexibility index (Phi) is 10.4. The van der Waals surface area contributed by atoms with Gasteiger partial charge in [0.15, 0.2) is 11.6 Å². The first-order valence-corrected chi connectivity index (χ1v) is 14.9. The van der Waals surface area contributed by atoms with E-state index >= 15 is 0 Å². The second-order valence-electron chi connectivity index (χ2n) is 9.46. The van der Waals surface area contributed by atoms with Crippen molar-refractivity contribution in [3.63, 3.8) is 0 Å². The van der Waals surface area contributed by atoms with Crippen LogP contribution in [0.25, 0.3) is 0 Å². The molecule has 38 heavy (non-hydrogen) atoms. The second-order valence-corrected chi connectivity index (χ2v) is 12.2. The van der Waals surface area contributed by atoms with Gasteiger partial charge in [0, 0.05) is 41.7 Å². The minimum Gasteiger partial charge on any atom is -0.352 e. The van der Waals surface area contributed by atoms with Crippen molar-refractivity contribution in [2.75, 3.05) is 17.1 Å². The van der Waals surface area contributed by atoms with Crippen LogP contribution >= 0.6 is 23.2 Å². The molecule has 7 nitrogen and oxygen atoms in total. The molecule has 1 saturated carbocycles. The van der Waals surface area contributed by atoms with Gasteiger partial charge in [-0.1, -0.05) is 42.1 Å². The number of nitrogens with zero attached hydrogens (tertiary/aromatic N) is 2. The third-order valence-corrected chi connectivity index (χ3v) is 8.35. The molecule has 0 aromatic heterocycles. The Bertz CT molecular complexity index is 1270. The Hall–Kier alpha value is -2.43. The molecule has 1 aliphatic carbocycles. The quantitative estimate of drug-likeness (QED) is 0.385. The minimum absolute atomic E-state index is 0.0482. The lowest BCUT2D eigenvalue weighted by Gasteiger charge is -2.30. The normalized spacial score (nSPS) is 14.8. The Morgan fingerprint density at radius 2 is 1.76 bits per heavy atom. The van der Waals surface area contributed by atoms with Crippen molar-refractivity contribution in [3.05, 3.63) is 63.6 Å². The monoisotopic (exact) mass is 589 g/mol. The van der Waals surface area contributed by atoms with E-state index in [2.05, 4.69) is 5.32 Å². The topological polar surface area (TPSA) is 86.8 Å². The molecule has 2 aromatic carbocycles. The number of carbonyl (C=O) groups is 2. The summed E-state index contributed by atoms with van der Waals surface area (Å²) >= 11 is 12.3. The van der Waals surface area contributed by atoms with Crippen molar-refractivity contribution >= 4 is 50.7 Å². The van der Waals surface area contributed by atoms with Crippen molar-refractivity contribution < 1.29 is 26.8 Å². The fourth-order valence-corrected chi connectivity index (χ4v) is 5.88. The number of rotatable bonds is 11. The van der Waals surface area contributed by atoms with Crippen LogP contribution in [0.4, 0.5) is 14.5 Å². The average Bonchev–Trinajstić information content (AvgIpc) is 3.35. The zero-order chi connectivity index (χ0) is 28.0. The van der Waals surface area contributed by atoms with E-state index in [4.69, 9.17) is 23.2 Å². The van der Waals surface area contributed by atoms with Gasteiger partial charge in [-0.05, 0) is 56.0 Å². The molecule has 0 saturated heterocycles. The van der Waals surface area contributed by atoms with E-state index in [0.717, 1.165) is 54.4 Å². The molecular weight excluding hydrogens is 559 g/mol. The molecule has 1 N–H and O–H groups in total. The Morgan fingerprint density at radius 1 is 1.08 bits per heavy atom. The van der Waals surface area contributed by atoms with Crippen molar-refractivity contribution in [3.8, 4) is 0 Å². The number of hydrogen-bond donors (Lipinski definition) is 1. The molecule has 208 valence electrons. The van der Waals surface area contributed by atoms with Crippen LogP contribution in [0.2, 0.25) is 10.0 Å².